The predicted octanol–water partition coefficient (Wildman–Crippen LogP) is 2.06. The van der Waals surface area contributed by atoms with Crippen molar-refractivity contribution in [1.82, 2.24) is 10.2 Å². The van der Waals surface area contributed by atoms with Crippen LogP contribution in [0.25, 0.3) is 0 Å². The average Bonchev–Trinajstić information content (AvgIpc) is 2.65. The van der Waals surface area contributed by atoms with Gasteiger partial charge < -0.3 is 10.2 Å². The summed E-state index contributed by atoms with van der Waals surface area (Å²) < 4.78 is 0. The Bertz CT molecular complexity index is 192. The largest absolute Gasteiger partial charge is 0.313 e. The van der Waals surface area contributed by atoms with E-state index in [2.05, 4.69) is 17.1 Å². The molecule has 1 N–H and O–H groups in total. The molecular formula is C11H21ClN2. The highest BCUT2D eigenvalue weighted by Gasteiger charge is 2.20. The van der Waals surface area contributed by atoms with E-state index in [9.17, 15) is 0 Å². The van der Waals surface area contributed by atoms with Gasteiger partial charge in [0.25, 0.3) is 0 Å². The molecule has 0 bridgehead atoms. The average molecular weight is 217 g/mol. The molecule has 1 unspecified atom stereocenters. The summed E-state index contributed by atoms with van der Waals surface area (Å²) in [4.78, 5) is 2.51. The van der Waals surface area contributed by atoms with E-state index in [-0.39, 0.29) is 0 Å². The van der Waals surface area contributed by atoms with Gasteiger partial charge in [-0.05, 0) is 44.5 Å². The second-order valence-corrected chi connectivity index (χ2v) is 4.35. The van der Waals surface area contributed by atoms with Crippen LogP contribution < -0.4 is 5.32 Å². The minimum atomic E-state index is 0.832. The Morgan fingerprint density at radius 3 is 3.00 bits per heavy atom. The van der Waals surface area contributed by atoms with Gasteiger partial charge in [0, 0.05) is 18.6 Å². The molecule has 1 rings (SSSR count). The molecule has 82 valence electrons. The van der Waals surface area contributed by atoms with Crippen LogP contribution in [0.3, 0.4) is 0 Å². The molecule has 1 saturated heterocycles. The van der Waals surface area contributed by atoms with Crippen molar-refractivity contribution in [3.8, 4) is 0 Å². The van der Waals surface area contributed by atoms with E-state index in [0.29, 0.717) is 0 Å². The first kappa shape index (κ1) is 12.0. The normalized spacial score (nSPS) is 24.5. The van der Waals surface area contributed by atoms with Crippen molar-refractivity contribution in [1.29, 1.82) is 0 Å². The second-order valence-electron chi connectivity index (χ2n) is 4.13. The fourth-order valence-corrected chi connectivity index (χ4v) is 1.96. The van der Waals surface area contributed by atoms with Crippen molar-refractivity contribution in [2.24, 2.45) is 5.92 Å². The molecule has 1 fully saturated rings. The molecule has 1 atom stereocenters. The fraction of sp³-hybridized carbons (Fsp3) is 0.818. The van der Waals surface area contributed by atoms with E-state index in [0.717, 1.165) is 19.0 Å². The van der Waals surface area contributed by atoms with E-state index in [4.69, 9.17) is 11.6 Å². The van der Waals surface area contributed by atoms with Gasteiger partial charge in [0.1, 0.15) is 0 Å². The monoisotopic (exact) mass is 216 g/mol. The van der Waals surface area contributed by atoms with E-state index >= 15 is 0 Å². The number of rotatable bonds is 5. The second kappa shape index (κ2) is 6.44. The quantitative estimate of drug-likeness (QED) is 0.757. The lowest BCUT2D eigenvalue weighted by atomic mass is 10.1. The Morgan fingerprint density at radius 1 is 1.64 bits per heavy atom. The van der Waals surface area contributed by atoms with Gasteiger partial charge in [-0.1, -0.05) is 18.5 Å². The molecule has 0 amide bonds. The summed E-state index contributed by atoms with van der Waals surface area (Å²) in [5.41, 5.74) is 2.86. The standard InChI is InChI=1S/C11H21ClN2/c1-3-14-5-4-11(9-14)8-13-7-10(2)6-12/h6,11,13H,3-5,7-9H2,1-2H3. The van der Waals surface area contributed by atoms with Crippen molar-refractivity contribution in [3.63, 3.8) is 0 Å². The van der Waals surface area contributed by atoms with Gasteiger partial charge in [0.05, 0.1) is 0 Å². The maximum absolute atomic E-state index is 5.58. The molecule has 3 heteroatoms. The summed E-state index contributed by atoms with van der Waals surface area (Å²) >= 11 is 5.58. The lowest BCUT2D eigenvalue weighted by Crippen LogP contribution is -2.27. The Morgan fingerprint density at radius 2 is 2.43 bits per heavy atom. The van der Waals surface area contributed by atoms with Crippen LogP contribution in [0.4, 0.5) is 0 Å². The molecule has 0 aromatic heterocycles. The maximum Gasteiger partial charge on any atom is 0.0173 e. The van der Waals surface area contributed by atoms with Gasteiger partial charge >= 0.3 is 0 Å². The first-order chi connectivity index (χ1) is 6.76. The van der Waals surface area contributed by atoms with E-state index in [1.807, 2.05) is 6.92 Å². The predicted molar refractivity (Wildman–Crippen MR) is 62.7 cm³/mol. The number of likely N-dealkylation sites (tertiary alicyclic amines) is 1. The van der Waals surface area contributed by atoms with Gasteiger partial charge in [0.2, 0.25) is 0 Å². The third-order valence-electron chi connectivity index (χ3n) is 2.84. The zero-order valence-electron chi connectivity index (χ0n) is 9.22. The molecule has 0 spiro atoms. The number of hydrogen-bond acceptors (Lipinski definition) is 2. The third-order valence-corrected chi connectivity index (χ3v) is 3.21. The molecular weight excluding hydrogens is 196 g/mol. The van der Waals surface area contributed by atoms with Crippen LogP contribution in [0.5, 0.6) is 0 Å². The highest BCUT2D eigenvalue weighted by Crippen LogP contribution is 2.14. The number of hydrogen-bond donors (Lipinski definition) is 1. The maximum atomic E-state index is 5.58. The van der Waals surface area contributed by atoms with Crippen molar-refractivity contribution in [3.05, 3.63) is 11.1 Å². The molecule has 0 aliphatic carbocycles. The number of nitrogens with zero attached hydrogens (tertiary/aromatic N) is 1. The highest BCUT2D eigenvalue weighted by molar-refractivity contribution is 6.25. The molecule has 2 nitrogen and oxygen atoms in total. The van der Waals surface area contributed by atoms with E-state index < -0.39 is 0 Å². The van der Waals surface area contributed by atoms with Crippen LogP contribution in [0.2, 0.25) is 0 Å². The van der Waals surface area contributed by atoms with Gasteiger partial charge in [-0.2, -0.15) is 0 Å². The third kappa shape index (κ3) is 3.99. The van der Waals surface area contributed by atoms with Gasteiger partial charge in [-0.3, -0.25) is 0 Å². The topological polar surface area (TPSA) is 15.3 Å². The van der Waals surface area contributed by atoms with Crippen LogP contribution in [0, 0.1) is 5.92 Å². The molecule has 14 heavy (non-hydrogen) atoms. The van der Waals surface area contributed by atoms with E-state index in [1.54, 1.807) is 5.54 Å². The van der Waals surface area contributed by atoms with Crippen LogP contribution in [-0.2, 0) is 0 Å². The van der Waals surface area contributed by atoms with Gasteiger partial charge in [-0.15, -0.1) is 0 Å². The molecule has 1 aliphatic heterocycles. The van der Waals surface area contributed by atoms with Crippen molar-refractivity contribution in [2.75, 3.05) is 32.7 Å². The SMILES string of the molecule is CCN1CCC(CNCC(C)=CCl)C1. The summed E-state index contributed by atoms with van der Waals surface area (Å²) in [6.07, 6.45) is 1.34. The minimum absolute atomic E-state index is 0.832. The highest BCUT2D eigenvalue weighted by atomic mass is 35.5. The van der Waals surface area contributed by atoms with Gasteiger partial charge in [0.15, 0.2) is 0 Å². The molecule has 0 aromatic rings. The van der Waals surface area contributed by atoms with Crippen molar-refractivity contribution in [2.45, 2.75) is 20.3 Å². The zero-order valence-corrected chi connectivity index (χ0v) is 9.98. The Hall–Kier alpha value is -0.0500. The van der Waals surface area contributed by atoms with Crippen LogP contribution in [-0.4, -0.2) is 37.6 Å². The molecule has 1 aliphatic rings. The summed E-state index contributed by atoms with van der Waals surface area (Å²) in [5, 5.41) is 3.44. The zero-order chi connectivity index (χ0) is 10.4. The Labute approximate surface area is 92.3 Å². The first-order valence-corrected chi connectivity index (χ1v) is 5.88. The summed E-state index contributed by atoms with van der Waals surface area (Å²) in [6.45, 7) is 10.0. The summed E-state index contributed by atoms with van der Waals surface area (Å²) in [6, 6.07) is 0. The fourth-order valence-electron chi connectivity index (χ4n) is 1.88. The summed E-state index contributed by atoms with van der Waals surface area (Å²) in [5.74, 6) is 0.832. The van der Waals surface area contributed by atoms with E-state index in [1.165, 1.54) is 31.6 Å². The van der Waals surface area contributed by atoms with Crippen LogP contribution in [0.15, 0.2) is 11.1 Å². The van der Waals surface area contributed by atoms with Gasteiger partial charge in [-0.25, -0.2) is 0 Å². The van der Waals surface area contributed by atoms with Crippen molar-refractivity contribution >= 4 is 11.6 Å². The number of nitrogens with one attached hydrogen (secondary N) is 1. The molecule has 0 radical (unpaired) electrons. The lowest BCUT2D eigenvalue weighted by Gasteiger charge is -2.13. The molecule has 0 aromatic carbocycles. The smallest absolute Gasteiger partial charge is 0.0173 e. The first-order valence-electron chi connectivity index (χ1n) is 5.45. The number of halogens is 1. The Kier molecular flexibility index (Phi) is 5.53. The summed E-state index contributed by atoms with van der Waals surface area (Å²) in [7, 11) is 0. The molecule has 1 heterocycles. The minimum Gasteiger partial charge on any atom is -0.313 e. The lowest BCUT2D eigenvalue weighted by molar-refractivity contribution is 0.339. The molecule has 0 saturated carbocycles. The van der Waals surface area contributed by atoms with Crippen LogP contribution >= 0.6 is 11.6 Å². The Balaban J connectivity index is 2.08. The van der Waals surface area contributed by atoms with Crippen LogP contribution in [0.1, 0.15) is 20.3 Å². The van der Waals surface area contributed by atoms with Crippen molar-refractivity contribution < 1.29 is 0 Å².